The maximum atomic E-state index is 13.1. The maximum Gasteiger partial charge on any atom is 0.169 e. The van der Waals surface area contributed by atoms with Crippen LogP contribution in [-0.4, -0.2) is 90.3 Å². The van der Waals surface area contributed by atoms with E-state index in [0.29, 0.717) is 70.8 Å². The van der Waals surface area contributed by atoms with Gasteiger partial charge in [0.05, 0.1) is 68.1 Å². The van der Waals surface area contributed by atoms with Crippen molar-refractivity contribution in [3.05, 3.63) is 337 Å². The first-order valence-corrected chi connectivity index (χ1v) is 58.8. The lowest BCUT2D eigenvalue weighted by molar-refractivity contribution is 0.0728. The van der Waals surface area contributed by atoms with Crippen molar-refractivity contribution in [3.8, 4) is 0 Å². The molecule has 4 aromatic carbocycles. The molecule has 8 heterocycles. The second kappa shape index (κ2) is 51.8. The number of pyridine rings is 8. The van der Waals surface area contributed by atoms with Gasteiger partial charge in [0.2, 0.25) is 0 Å². The van der Waals surface area contributed by atoms with E-state index in [9.17, 15) is 30.0 Å². The van der Waals surface area contributed by atoms with E-state index >= 15 is 0 Å². The number of nitrogens with two attached hydrogens (primary N) is 1. The van der Waals surface area contributed by atoms with Crippen LogP contribution in [0.3, 0.4) is 0 Å². The number of aromatic amines is 1. The van der Waals surface area contributed by atoms with Crippen LogP contribution >= 0.6 is 165 Å². The topological polar surface area (TPSA) is 242 Å². The van der Waals surface area contributed by atoms with E-state index < -0.39 is 33.0 Å². The Morgan fingerprint density at radius 3 is 1.19 bits per heavy atom. The molecule has 4 spiro atoms. The fourth-order valence-corrected chi connectivity index (χ4v) is 26.1. The number of H-pyrrole nitrogens is 1. The number of thiol groups is 1. The van der Waals surface area contributed by atoms with Gasteiger partial charge in [-0.2, -0.15) is 12.2 Å². The Labute approximate surface area is 927 Å². The highest BCUT2D eigenvalue weighted by Gasteiger charge is 2.52. The molecule has 145 heavy (non-hydrogen) atoms. The van der Waals surface area contributed by atoms with Gasteiger partial charge in [0.25, 0.3) is 0 Å². The van der Waals surface area contributed by atoms with Gasteiger partial charge in [0, 0.05) is 134 Å². The first-order valence-electron chi connectivity index (χ1n) is 48.0. The molecular weight excluding hydrogens is 2170 g/mol. The second-order valence-electron chi connectivity index (χ2n) is 40.7. The standard InChI is InChI=1S/C28H31Cl2N3OS2.C28H29Cl2N3OS2.C25H23ClN2OS.C19H19NOS.C5H2Cl3N.C4H11NOS.CH3FS.FHS/c2*1-27(2,3)36(34)33-25-21-7-5-4-6-19(21)16-28(25)13-10-18(11-14-28)20-8-9-23(32-17-20)35-22-12-15-31-26(30)24(22)29;1-16-21(10-13-27-24(16)26)30-22-7-6-19(15-28-22)17-8-11-25(12-9-17)14-18-4-2-3-5-20(18)23(25)29;21-18-16-4-2-1-3-14(16)11-19(18)9-7-13(8-10-19)15-5-6-17(22)20-12-15;6-3-1-2-9-5(8)4(3)7;1-4(2,3)7(5)6;1-3-2;1-2/h4-9,12,15,17-18,25,33H,10-11,13-14,16H2,1-3H3;4-9,12,15,17-18H,10-11,13-14,16H2,1-3H3;2-7,10,13,15,17H,8-9,11-12,14H2,1H3;1-6,12-13H,7-11H2,(H,20,22);1-2H;5H2,1-3H3;1H3;2H/t18?,25?,28?,36-;18?,28?,36-;;;;7-;;/m11...1../s1. The van der Waals surface area contributed by atoms with Gasteiger partial charge in [0.15, 0.2) is 11.6 Å². The summed E-state index contributed by atoms with van der Waals surface area (Å²) in [4.78, 5) is 61.7. The number of aromatic nitrogens is 8. The number of hydrogen-bond acceptors (Lipinski definition) is 18. The quantitative estimate of drug-likeness (QED) is 0.0476. The Kier molecular flexibility index (Phi) is 41.4. The highest BCUT2D eigenvalue weighted by atomic mass is 35.5. The van der Waals surface area contributed by atoms with Gasteiger partial charge in [-0.3, -0.25) is 14.7 Å². The van der Waals surface area contributed by atoms with Crippen LogP contribution in [0.15, 0.2) is 254 Å². The second-order valence-corrected chi connectivity index (χ2v) is 53.3. The highest BCUT2D eigenvalue weighted by Crippen LogP contribution is 2.59. The third kappa shape index (κ3) is 29.0. The zero-order valence-corrected chi connectivity index (χ0v) is 96.0. The average molecular weight is 2290 g/mol. The summed E-state index contributed by atoms with van der Waals surface area (Å²) < 4.78 is 64.2. The predicted octanol–water partition coefficient (Wildman–Crippen LogP) is 33.0. The summed E-state index contributed by atoms with van der Waals surface area (Å²) in [5, 5.41) is 10.8. The van der Waals surface area contributed by atoms with Gasteiger partial charge >= 0.3 is 0 Å². The molecule has 0 bridgehead atoms. The number of rotatable bonds is 13. The molecule has 4 atom stereocenters. The van der Waals surface area contributed by atoms with Crippen molar-refractivity contribution < 1.29 is 30.0 Å². The molecule has 0 radical (unpaired) electrons. The van der Waals surface area contributed by atoms with Gasteiger partial charge in [-0.05, 0) is 325 Å². The van der Waals surface area contributed by atoms with E-state index in [1.807, 2.05) is 168 Å². The van der Waals surface area contributed by atoms with Crippen LogP contribution in [0.2, 0.25) is 40.7 Å². The number of benzene rings is 4. The lowest BCUT2D eigenvalue weighted by Crippen LogP contribution is -2.43. The fraction of sp³-hybridized carbons (Fsp3) is 0.391. The van der Waals surface area contributed by atoms with E-state index in [1.165, 1.54) is 91.6 Å². The Bertz CT molecular complexity index is 6650. The van der Waals surface area contributed by atoms with Crippen LogP contribution < -0.4 is 9.86 Å². The molecule has 4 N–H and O–H groups in total. The van der Waals surface area contributed by atoms with Gasteiger partial charge in [-0.1, -0.05) is 262 Å². The summed E-state index contributed by atoms with van der Waals surface area (Å²) in [6.45, 7) is 19.6. The molecule has 16 nitrogen and oxygen atoms in total. The summed E-state index contributed by atoms with van der Waals surface area (Å²) in [6.07, 6.45) is 36.7. The van der Waals surface area contributed by atoms with E-state index in [-0.39, 0.29) is 59.2 Å². The van der Waals surface area contributed by atoms with Crippen LogP contribution in [0.4, 0.5) is 7.77 Å². The largest absolute Gasteiger partial charge is 0.353 e. The van der Waals surface area contributed by atoms with Crippen molar-refractivity contribution in [2.45, 2.75) is 271 Å². The zero-order chi connectivity index (χ0) is 105. The van der Waals surface area contributed by atoms with Gasteiger partial charge < -0.3 is 4.98 Å². The lowest BCUT2D eigenvalue weighted by Gasteiger charge is -2.42. The maximum absolute atomic E-state index is 13.1. The molecule has 8 aliphatic carbocycles. The van der Waals surface area contributed by atoms with Crippen LogP contribution in [-0.2, 0) is 58.6 Å². The summed E-state index contributed by atoms with van der Waals surface area (Å²) in [5.74, 6) is 2.73. The number of fused-ring (bicyclic) bond motifs is 4. The fourth-order valence-electron chi connectivity index (χ4n) is 20.3. The Balaban J connectivity index is 0.000000153. The minimum absolute atomic E-state index is 0.0261. The Hall–Kier alpha value is -6.39. The van der Waals surface area contributed by atoms with Crippen LogP contribution in [0.5, 0.6) is 0 Å². The Morgan fingerprint density at radius 2 is 0.800 bits per heavy atom. The summed E-state index contributed by atoms with van der Waals surface area (Å²) >= 11 is 59.4. The molecule has 0 aliphatic heterocycles. The van der Waals surface area contributed by atoms with Crippen molar-refractivity contribution in [2.75, 3.05) is 6.26 Å². The smallest absolute Gasteiger partial charge is 0.169 e. The minimum Gasteiger partial charge on any atom is -0.353 e. The molecule has 768 valence electrons. The van der Waals surface area contributed by atoms with Crippen molar-refractivity contribution in [2.24, 2.45) is 31.2 Å². The molecule has 0 amide bonds. The first-order chi connectivity index (χ1) is 69.1. The van der Waals surface area contributed by atoms with Crippen molar-refractivity contribution >= 4 is 216 Å². The number of hydrogen-bond donors (Lipinski definition) is 4. The minimum atomic E-state index is -1.28. The normalized spacial score (nSPS) is 22.4. The molecule has 8 aliphatic rings. The number of carbonyl (C=O) groups excluding carboxylic acids is 2. The predicted molar refractivity (Wildman–Crippen MR) is 607 cm³/mol. The van der Waals surface area contributed by atoms with Crippen molar-refractivity contribution in [1.29, 1.82) is 0 Å². The average Bonchev–Trinajstić information content (AvgIpc) is 1.59. The van der Waals surface area contributed by atoms with Crippen molar-refractivity contribution in [1.82, 2.24) is 44.6 Å². The number of halogens is 10. The summed E-state index contributed by atoms with van der Waals surface area (Å²) in [6, 6.07) is 57.8. The monoisotopic (exact) mass is 2280 g/mol. The van der Waals surface area contributed by atoms with E-state index in [4.69, 9.17) is 125 Å². The van der Waals surface area contributed by atoms with Crippen LogP contribution in [0, 0.1) is 33.2 Å². The number of nitrogens with zero attached hydrogens (tertiary/aromatic N) is 8. The van der Waals surface area contributed by atoms with Crippen LogP contribution in [0.25, 0.3) is 0 Å². The lowest BCUT2D eigenvalue weighted by atomic mass is 9.66. The van der Waals surface area contributed by atoms with Crippen molar-refractivity contribution in [3.63, 3.8) is 0 Å². The Morgan fingerprint density at radius 1 is 0.441 bits per heavy atom. The molecule has 0 saturated heterocycles. The van der Waals surface area contributed by atoms with Gasteiger partial charge in [-0.25, -0.2) is 52.2 Å². The summed E-state index contributed by atoms with van der Waals surface area (Å²) in [5.41, 5.74) is 16.6. The zero-order valence-electron chi connectivity index (χ0n) is 82.5. The van der Waals surface area contributed by atoms with Gasteiger partial charge in [-0.15, -0.1) is 0 Å². The SMILES string of the molecule is CC(C)(C)[S@@](=O)N=C1c2ccccc2CC12CCC(c1ccc(Sc3ccnc(Cl)c3Cl)nc1)CC2.CC(C)(C)[S@@](=O)NC1c2ccccc2CC12CCC(c1ccc(Sc3ccnc(Cl)c3Cl)nc1)CC2.CC(C)(C)[S@](N)=O.CSF.Cc1c(Sc2ccc(C3CCC4(CC3)Cc3ccccc3C4=O)cn2)ccnc1Cl.Clc1ccnc(Cl)c1Cl.FS.O=C1c2ccccc2CC12CCC(c1ccc(=S)[nH]c1)CC2. The molecule has 20 rings (SSSR count). The number of ketones is 2. The number of carbonyl (C=O) groups is 2. The highest BCUT2D eigenvalue weighted by molar-refractivity contribution is 8.00. The van der Waals surface area contributed by atoms with Gasteiger partial charge in [0.1, 0.15) is 51.3 Å². The van der Waals surface area contributed by atoms with E-state index in [1.54, 1.807) is 36.4 Å². The molecule has 8 aromatic heterocycles. The molecule has 12 aromatic rings. The molecular formula is C110H119Cl8F2N11O5S9. The molecule has 4 fully saturated rings. The summed E-state index contributed by atoms with van der Waals surface area (Å²) in [7, 11) is -3.57. The molecule has 4 saturated carbocycles. The molecule has 35 heteroatoms. The van der Waals surface area contributed by atoms with E-state index in [2.05, 4.69) is 138 Å². The van der Waals surface area contributed by atoms with E-state index in [0.717, 1.165) is 185 Å². The molecule has 1 unspecified atom stereocenters. The van der Waals surface area contributed by atoms with Crippen LogP contribution in [0.1, 0.15) is 277 Å². The third-order valence-corrected chi connectivity index (χ3v) is 39.3. The third-order valence-electron chi connectivity index (χ3n) is 28.4. The first kappa shape index (κ1) is 116. The number of nitrogens with one attached hydrogen (secondary N) is 2. The number of Topliss-reactive ketones (excluding diaryl/α,β-unsaturated/α-hetero) is 2.